The number of imidazole rings is 1. The van der Waals surface area contributed by atoms with Gasteiger partial charge in [-0.25, -0.2) is 4.98 Å². The Morgan fingerprint density at radius 1 is 1.53 bits per heavy atom. The third kappa shape index (κ3) is 5.14. The van der Waals surface area contributed by atoms with Gasteiger partial charge in [0.1, 0.15) is 0 Å². The molecule has 1 aliphatic heterocycles. The van der Waals surface area contributed by atoms with Gasteiger partial charge in [0.15, 0.2) is 5.96 Å². The first kappa shape index (κ1) is 14.2. The average Bonchev–Trinajstić information content (AvgIpc) is 3.09. The molecule has 0 amide bonds. The van der Waals surface area contributed by atoms with Gasteiger partial charge in [0, 0.05) is 37.3 Å². The van der Waals surface area contributed by atoms with Crippen LogP contribution in [-0.2, 0) is 6.54 Å². The summed E-state index contributed by atoms with van der Waals surface area (Å²) in [4.78, 5) is 8.69. The summed E-state index contributed by atoms with van der Waals surface area (Å²) < 4.78 is 2.06. The van der Waals surface area contributed by atoms with Crippen LogP contribution < -0.4 is 10.6 Å². The van der Waals surface area contributed by atoms with Crippen LogP contribution in [0.25, 0.3) is 0 Å². The molecule has 2 rings (SSSR count). The molecule has 0 aromatic carbocycles. The van der Waals surface area contributed by atoms with Crippen LogP contribution >= 0.6 is 11.8 Å². The minimum atomic E-state index is 0.712. The number of aromatic nitrogens is 2. The third-order valence-corrected chi connectivity index (χ3v) is 4.42. The second-order valence-electron chi connectivity index (χ2n) is 4.58. The summed E-state index contributed by atoms with van der Waals surface area (Å²) >= 11 is 2.05. The molecule has 1 saturated heterocycles. The summed E-state index contributed by atoms with van der Waals surface area (Å²) in [5, 5.41) is 7.37. The topological polar surface area (TPSA) is 54.2 Å². The molecular weight excluding hydrogens is 258 g/mol. The number of nitrogens with one attached hydrogen (secondary N) is 2. The van der Waals surface area contributed by atoms with E-state index in [0.29, 0.717) is 5.25 Å². The fraction of sp³-hybridized carbons (Fsp3) is 0.692. The van der Waals surface area contributed by atoms with E-state index in [-0.39, 0.29) is 0 Å². The third-order valence-electron chi connectivity index (χ3n) is 3.04. The van der Waals surface area contributed by atoms with Gasteiger partial charge < -0.3 is 15.2 Å². The van der Waals surface area contributed by atoms with Gasteiger partial charge in [0.2, 0.25) is 0 Å². The van der Waals surface area contributed by atoms with Gasteiger partial charge in [-0.1, -0.05) is 0 Å². The Kier molecular flexibility index (Phi) is 6.07. The van der Waals surface area contributed by atoms with Gasteiger partial charge >= 0.3 is 0 Å². The molecule has 6 heteroatoms. The lowest BCUT2D eigenvalue weighted by molar-refractivity contribution is 0.660. The maximum Gasteiger partial charge on any atom is 0.191 e. The predicted octanol–water partition coefficient (Wildman–Crippen LogP) is 1.33. The highest BCUT2D eigenvalue weighted by Crippen LogP contribution is 2.25. The Hall–Kier alpha value is -1.17. The van der Waals surface area contributed by atoms with Crippen molar-refractivity contribution in [3.05, 3.63) is 18.7 Å². The number of nitrogens with zero attached hydrogens (tertiary/aromatic N) is 3. The van der Waals surface area contributed by atoms with E-state index in [0.717, 1.165) is 32.1 Å². The SMILES string of the molecule is CCNC(=NCC1CCCS1)NCCn1ccnc1. The van der Waals surface area contributed by atoms with E-state index in [2.05, 4.69) is 32.1 Å². The maximum absolute atomic E-state index is 4.66. The molecule has 1 aromatic heterocycles. The summed E-state index contributed by atoms with van der Waals surface area (Å²) in [5.41, 5.74) is 0. The van der Waals surface area contributed by atoms with E-state index in [9.17, 15) is 0 Å². The minimum absolute atomic E-state index is 0.712. The fourth-order valence-electron chi connectivity index (χ4n) is 2.05. The first-order valence-electron chi connectivity index (χ1n) is 6.98. The summed E-state index contributed by atoms with van der Waals surface area (Å²) in [6, 6.07) is 0. The van der Waals surface area contributed by atoms with Crippen LogP contribution in [0.2, 0.25) is 0 Å². The number of aliphatic imine (C=N–C) groups is 1. The number of rotatable bonds is 6. The van der Waals surface area contributed by atoms with Crippen LogP contribution in [-0.4, -0.2) is 46.1 Å². The quantitative estimate of drug-likeness (QED) is 0.610. The first-order valence-corrected chi connectivity index (χ1v) is 8.03. The van der Waals surface area contributed by atoms with E-state index in [1.807, 2.05) is 24.3 Å². The molecule has 1 aromatic rings. The van der Waals surface area contributed by atoms with Gasteiger partial charge in [0.05, 0.1) is 12.9 Å². The van der Waals surface area contributed by atoms with Crippen molar-refractivity contribution in [3.8, 4) is 0 Å². The van der Waals surface area contributed by atoms with Crippen LogP contribution in [0.3, 0.4) is 0 Å². The monoisotopic (exact) mass is 281 g/mol. The highest BCUT2D eigenvalue weighted by molar-refractivity contribution is 8.00. The molecule has 0 aliphatic carbocycles. The van der Waals surface area contributed by atoms with Crippen LogP contribution in [0.15, 0.2) is 23.7 Å². The summed E-state index contributed by atoms with van der Waals surface area (Å²) in [5.74, 6) is 2.22. The predicted molar refractivity (Wildman–Crippen MR) is 81.7 cm³/mol. The summed E-state index contributed by atoms with van der Waals surface area (Å²) in [7, 11) is 0. The second-order valence-corrected chi connectivity index (χ2v) is 5.99. The molecular formula is C13H23N5S. The molecule has 1 fully saturated rings. The van der Waals surface area contributed by atoms with Crippen molar-refractivity contribution in [2.45, 2.75) is 31.6 Å². The van der Waals surface area contributed by atoms with Gasteiger partial charge in [-0.05, 0) is 25.5 Å². The molecule has 1 aliphatic rings. The molecule has 0 spiro atoms. The zero-order valence-electron chi connectivity index (χ0n) is 11.5. The van der Waals surface area contributed by atoms with E-state index < -0.39 is 0 Å². The van der Waals surface area contributed by atoms with Crippen molar-refractivity contribution >= 4 is 17.7 Å². The van der Waals surface area contributed by atoms with Gasteiger partial charge in [-0.3, -0.25) is 4.99 Å². The van der Waals surface area contributed by atoms with Crippen molar-refractivity contribution in [2.75, 3.05) is 25.4 Å². The normalized spacial score (nSPS) is 19.6. The van der Waals surface area contributed by atoms with Crippen molar-refractivity contribution in [1.82, 2.24) is 20.2 Å². The first-order chi connectivity index (χ1) is 9.38. The Morgan fingerprint density at radius 3 is 3.16 bits per heavy atom. The van der Waals surface area contributed by atoms with E-state index >= 15 is 0 Å². The summed E-state index contributed by atoms with van der Waals surface area (Å²) in [6.07, 6.45) is 8.26. The van der Waals surface area contributed by atoms with Crippen LogP contribution in [0.4, 0.5) is 0 Å². The maximum atomic E-state index is 4.66. The van der Waals surface area contributed by atoms with Crippen LogP contribution in [0.1, 0.15) is 19.8 Å². The smallest absolute Gasteiger partial charge is 0.191 e. The number of thioether (sulfide) groups is 1. The summed E-state index contributed by atoms with van der Waals surface area (Å²) in [6.45, 7) is 5.68. The molecule has 1 unspecified atom stereocenters. The Morgan fingerprint density at radius 2 is 2.47 bits per heavy atom. The Labute approximate surface area is 119 Å². The van der Waals surface area contributed by atoms with Crippen molar-refractivity contribution in [3.63, 3.8) is 0 Å². The van der Waals surface area contributed by atoms with Crippen LogP contribution in [0.5, 0.6) is 0 Å². The standard InChI is InChI=1S/C13H23N5S/c1-2-15-13(17-10-12-4-3-9-19-12)16-6-8-18-7-5-14-11-18/h5,7,11-12H,2-4,6,8-10H2,1H3,(H2,15,16,17). The van der Waals surface area contributed by atoms with E-state index in [1.54, 1.807) is 6.20 Å². The van der Waals surface area contributed by atoms with Crippen molar-refractivity contribution in [2.24, 2.45) is 4.99 Å². The molecule has 2 N–H and O–H groups in total. The molecule has 5 nitrogen and oxygen atoms in total. The van der Waals surface area contributed by atoms with Crippen molar-refractivity contribution < 1.29 is 0 Å². The van der Waals surface area contributed by atoms with Gasteiger partial charge in [-0.15, -0.1) is 0 Å². The Balaban J connectivity index is 1.72. The van der Waals surface area contributed by atoms with Crippen LogP contribution in [0, 0.1) is 0 Å². The number of hydrogen-bond donors (Lipinski definition) is 2. The molecule has 1 atom stereocenters. The van der Waals surface area contributed by atoms with E-state index in [1.165, 1.54) is 18.6 Å². The second kappa shape index (κ2) is 8.09. The zero-order chi connectivity index (χ0) is 13.3. The van der Waals surface area contributed by atoms with Crippen molar-refractivity contribution in [1.29, 1.82) is 0 Å². The minimum Gasteiger partial charge on any atom is -0.357 e. The lowest BCUT2D eigenvalue weighted by atomic mass is 10.2. The van der Waals surface area contributed by atoms with E-state index in [4.69, 9.17) is 0 Å². The highest BCUT2D eigenvalue weighted by atomic mass is 32.2. The fourth-order valence-corrected chi connectivity index (χ4v) is 3.23. The lowest BCUT2D eigenvalue weighted by Crippen LogP contribution is -2.39. The average molecular weight is 281 g/mol. The lowest BCUT2D eigenvalue weighted by Gasteiger charge is -2.12. The molecule has 0 bridgehead atoms. The number of hydrogen-bond acceptors (Lipinski definition) is 3. The van der Waals surface area contributed by atoms with Gasteiger partial charge in [-0.2, -0.15) is 11.8 Å². The zero-order valence-corrected chi connectivity index (χ0v) is 12.3. The number of guanidine groups is 1. The van der Waals surface area contributed by atoms with Gasteiger partial charge in [0.25, 0.3) is 0 Å². The Bertz CT molecular complexity index is 370. The molecule has 106 valence electrons. The largest absolute Gasteiger partial charge is 0.357 e. The molecule has 19 heavy (non-hydrogen) atoms. The molecule has 0 saturated carbocycles. The molecule has 2 heterocycles. The molecule has 0 radical (unpaired) electrons. The highest BCUT2D eigenvalue weighted by Gasteiger charge is 2.14.